The van der Waals surface area contributed by atoms with Crippen molar-refractivity contribution in [1.82, 2.24) is 0 Å². The number of hydrogen-bond donors (Lipinski definition) is 0. The third-order valence-electron chi connectivity index (χ3n) is 10.6. The van der Waals surface area contributed by atoms with Gasteiger partial charge in [0.2, 0.25) is 0 Å². The smallest absolute Gasteiger partial charge is 0.343 e. The maximum absolute atomic E-state index is 3.60. The minimum Gasteiger partial charge on any atom is -0.343 e. The molecule has 57 heavy (non-hydrogen) atoms. The Morgan fingerprint density at radius 2 is 0.719 bits per heavy atom. The quantitative estimate of drug-likeness (QED) is 0.155. The van der Waals surface area contributed by atoms with Gasteiger partial charge in [-0.1, -0.05) is 182 Å². The first-order chi connectivity index (χ1) is 27.4. The van der Waals surface area contributed by atoms with Gasteiger partial charge < -0.3 is 13.8 Å². The van der Waals surface area contributed by atoms with Gasteiger partial charge in [0.25, 0.3) is 0 Å². The fourth-order valence-electron chi connectivity index (χ4n) is 7.57. The van der Waals surface area contributed by atoms with E-state index in [1.165, 1.54) is 111 Å². The Hall–Kier alpha value is -5.10. The molecular formula is C56H52Zr. The van der Waals surface area contributed by atoms with E-state index in [2.05, 4.69) is 211 Å². The molecule has 0 atom stereocenters. The van der Waals surface area contributed by atoms with E-state index in [4.69, 9.17) is 0 Å². The maximum atomic E-state index is 3.60. The van der Waals surface area contributed by atoms with Gasteiger partial charge in [-0.25, -0.2) is 0 Å². The molecule has 1 heteroatoms. The van der Waals surface area contributed by atoms with Crippen molar-refractivity contribution in [3.63, 3.8) is 0 Å². The van der Waals surface area contributed by atoms with Crippen LogP contribution < -0.4 is 0 Å². The monoisotopic (exact) mass is 814 g/mol. The topological polar surface area (TPSA) is 0 Å². The maximum Gasteiger partial charge on any atom is 4.00 e. The Kier molecular flexibility index (Phi) is 14.1. The van der Waals surface area contributed by atoms with E-state index in [0.717, 1.165) is 12.8 Å². The average Bonchev–Trinajstić information content (AvgIpc) is 3.79. The van der Waals surface area contributed by atoms with Crippen LogP contribution >= 0.6 is 0 Å². The number of hydrogen-bond acceptors (Lipinski definition) is 0. The predicted octanol–water partition coefficient (Wildman–Crippen LogP) is 16.9. The minimum absolute atomic E-state index is 0. The van der Waals surface area contributed by atoms with Crippen LogP contribution in [0, 0.1) is 27.7 Å². The summed E-state index contributed by atoms with van der Waals surface area (Å²) in [6, 6.07) is 62.1. The first kappa shape index (κ1) is 41.5. The fourth-order valence-corrected chi connectivity index (χ4v) is 7.57. The molecule has 0 aromatic heterocycles. The second kappa shape index (κ2) is 19.4. The van der Waals surface area contributed by atoms with Crippen LogP contribution in [0.5, 0.6) is 0 Å². The molecule has 10 rings (SSSR count). The van der Waals surface area contributed by atoms with Gasteiger partial charge in [-0.15, -0.1) is 79.5 Å². The van der Waals surface area contributed by atoms with Crippen LogP contribution in [0.2, 0.25) is 0 Å². The zero-order valence-corrected chi connectivity index (χ0v) is 36.4. The molecule has 0 N–H and O–H groups in total. The molecule has 0 fully saturated rings. The molecule has 0 saturated carbocycles. The van der Waals surface area contributed by atoms with Gasteiger partial charge in [-0.2, -0.15) is 12.8 Å². The summed E-state index contributed by atoms with van der Waals surface area (Å²) in [4.78, 5) is 0. The molecular weight excluding hydrogens is 764 g/mol. The first-order valence-electron chi connectivity index (χ1n) is 20.2. The van der Waals surface area contributed by atoms with E-state index in [1.807, 2.05) is 0 Å². The zero-order chi connectivity index (χ0) is 39.0. The molecule has 0 aliphatic heterocycles. The molecule has 0 bridgehead atoms. The van der Waals surface area contributed by atoms with E-state index < -0.39 is 0 Å². The summed E-state index contributed by atoms with van der Waals surface area (Å²) in [5.41, 5.74) is 7.77. The van der Waals surface area contributed by atoms with Crippen LogP contribution in [-0.2, 0) is 26.2 Å². The van der Waals surface area contributed by atoms with Gasteiger partial charge in [-0.3, -0.25) is 0 Å². The van der Waals surface area contributed by atoms with Gasteiger partial charge in [-0.05, 0) is 46.5 Å². The molecule has 0 radical (unpaired) electrons. The van der Waals surface area contributed by atoms with Crippen LogP contribution in [0.15, 0.2) is 170 Å². The summed E-state index contributed by atoms with van der Waals surface area (Å²) < 4.78 is 0. The van der Waals surface area contributed by atoms with Gasteiger partial charge in [0.15, 0.2) is 0 Å². The fraction of sp³-hybridized carbons (Fsp3) is 0.143. The first-order valence-corrected chi connectivity index (χ1v) is 20.2. The number of rotatable bonds is 4. The van der Waals surface area contributed by atoms with Crippen LogP contribution in [-0.4, -0.2) is 0 Å². The van der Waals surface area contributed by atoms with Crippen LogP contribution in [0.25, 0.3) is 86.9 Å². The van der Waals surface area contributed by atoms with Crippen molar-refractivity contribution in [2.24, 2.45) is 0 Å². The van der Waals surface area contributed by atoms with Crippen molar-refractivity contribution >= 4 is 64.6 Å². The van der Waals surface area contributed by atoms with Crippen LogP contribution in [0.3, 0.4) is 0 Å². The molecule has 10 aromatic rings. The summed E-state index contributed by atoms with van der Waals surface area (Å²) in [6.07, 6.45) is 4.56. The van der Waals surface area contributed by atoms with Gasteiger partial charge in [0.1, 0.15) is 0 Å². The number of fused-ring (bicyclic) bond motifs is 8. The Morgan fingerprint density at radius 3 is 1.11 bits per heavy atom. The SMILES string of the molecule is Cc1ccc2c(c1)[cH-]c1cc(C)ccc12.[CH2-]CCC.[CH2-]CCC.[Zr+4].c1ccc2c(-c3ccc4c(c3)[cH-]c3cc(-c5cccc6ccccc56)ccc34)cccc2c1. The number of benzene rings is 8. The largest absolute Gasteiger partial charge is 4.00 e. The Labute approximate surface area is 359 Å². The molecule has 0 spiro atoms. The standard InChI is InChI=1S/C33H21.C15H13.2C4H9.Zr/c1-3-11-28-22(7-1)9-5-13-30(28)24-15-17-32-26(19-24)21-27-20-25(16-18-33(27)32)31-14-6-10-23-8-2-4-12-29(23)31;1-10-3-5-14-12(7-10)9-13-8-11(2)4-6-15(13)14;2*1-3-4-2;/h1-21H;3-9H,1-2H3;2*1,3-4H2,2H3;/q4*-1;+4. The van der Waals surface area contributed by atoms with Gasteiger partial charge >= 0.3 is 26.2 Å². The summed E-state index contributed by atoms with van der Waals surface area (Å²) in [6.45, 7) is 15.7. The zero-order valence-electron chi connectivity index (χ0n) is 33.9. The van der Waals surface area contributed by atoms with Crippen molar-refractivity contribution < 1.29 is 26.2 Å². The molecule has 0 aliphatic rings. The molecule has 0 unspecified atom stereocenters. The number of aryl methyl sites for hydroxylation is 2. The average molecular weight is 816 g/mol. The Balaban J connectivity index is 0.000000190. The van der Waals surface area contributed by atoms with E-state index in [-0.39, 0.29) is 26.2 Å². The predicted molar refractivity (Wildman–Crippen MR) is 250 cm³/mol. The molecule has 280 valence electrons. The third-order valence-corrected chi connectivity index (χ3v) is 10.6. The van der Waals surface area contributed by atoms with E-state index >= 15 is 0 Å². The normalized spacial score (nSPS) is 10.8. The molecule has 0 saturated heterocycles. The van der Waals surface area contributed by atoms with Gasteiger partial charge in [0, 0.05) is 0 Å². The molecule has 0 heterocycles. The second-order valence-corrected chi connectivity index (χ2v) is 14.8. The Morgan fingerprint density at radius 1 is 0.386 bits per heavy atom. The minimum atomic E-state index is 0. The van der Waals surface area contributed by atoms with Gasteiger partial charge in [0.05, 0.1) is 0 Å². The van der Waals surface area contributed by atoms with Crippen molar-refractivity contribution in [2.45, 2.75) is 53.4 Å². The van der Waals surface area contributed by atoms with Crippen LogP contribution in [0.4, 0.5) is 0 Å². The van der Waals surface area contributed by atoms with Crippen molar-refractivity contribution in [1.29, 1.82) is 0 Å². The van der Waals surface area contributed by atoms with E-state index in [0.29, 0.717) is 0 Å². The summed E-state index contributed by atoms with van der Waals surface area (Å²) in [5.74, 6) is 0. The molecule has 0 aliphatic carbocycles. The summed E-state index contributed by atoms with van der Waals surface area (Å²) in [7, 11) is 0. The van der Waals surface area contributed by atoms with Crippen molar-refractivity contribution in [2.75, 3.05) is 0 Å². The van der Waals surface area contributed by atoms with E-state index in [1.54, 1.807) is 0 Å². The molecule has 0 nitrogen and oxygen atoms in total. The summed E-state index contributed by atoms with van der Waals surface area (Å²) in [5, 5.41) is 15.8. The van der Waals surface area contributed by atoms with Crippen molar-refractivity contribution in [3.8, 4) is 22.3 Å². The number of unbranched alkanes of at least 4 members (excludes halogenated alkanes) is 2. The van der Waals surface area contributed by atoms with Crippen molar-refractivity contribution in [3.05, 3.63) is 195 Å². The molecule has 0 amide bonds. The molecule has 10 aromatic carbocycles. The van der Waals surface area contributed by atoms with E-state index in [9.17, 15) is 0 Å². The Bertz CT molecular complexity index is 2670. The second-order valence-electron chi connectivity index (χ2n) is 14.8. The summed E-state index contributed by atoms with van der Waals surface area (Å²) >= 11 is 0. The third kappa shape index (κ3) is 9.22. The van der Waals surface area contributed by atoms with Crippen LogP contribution in [0.1, 0.15) is 50.7 Å².